The van der Waals surface area contributed by atoms with Gasteiger partial charge in [0.05, 0.1) is 25.9 Å². The monoisotopic (exact) mass is 575 g/mol. The summed E-state index contributed by atoms with van der Waals surface area (Å²) in [6.07, 6.45) is 5.22. The minimum Gasteiger partial charge on any atom is -0.244 e. The van der Waals surface area contributed by atoms with E-state index in [4.69, 9.17) is 4.36 Å². The maximum atomic E-state index is 14.7. The Morgan fingerprint density at radius 1 is 0.825 bits per heavy atom. The fraction of sp³-hybridized carbons (Fsp3) is 0.161. The first kappa shape index (κ1) is 26.4. The second kappa shape index (κ2) is 11.0. The fourth-order valence-electron chi connectivity index (χ4n) is 5.05. The van der Waals surface area contributed by atoms with Gasteiger partial charge >= 0.3 is 0 Å². The molecule has 0 saturated heterocycles. The molecule has 5 aromatic rings. The Morgan fingerprint density at radius 2 is 1.55 bits per heavy atom. The average molecular weight is 576 g/mol. The Bertz CT molecular complexity index is 1790. The van der Waals surface area contributed by atoms with Crippen molar-refractivity contribution in [3.8, 4) is 32.3 Å². The summed E-state index contributed by atoms with van der Waals surface area (Å²) in [5, 5.41) is 0.0430. The van der Waals surface area contributed by atoms with E-state index < -0.39 is 27.2 Å². The molecule has 2 heterocycles. The predicted octanol–water partition coefficient (Wildman–Crippen LogP) is 9.06. The van der Waals surface area contributed by atoms with Crippen LogP contribution in [0.5, 0.6) is 0 Å². The Hall–Kier alpha value is -3.82. The number of rotatable bonds is 6. The second-order valence-electron chi connectivity index (χ2n) is 9.59. The molecular formula is C31H24F3N3OS2. The van der Waals surface area contributed by atoms with Crippen LogP contribution in [0.25, 0.3) is 32.3 Å². The first-order chi connectivity index (χ1) is 19.4. The summed E-state index contributed by atoms with van der Waals surface area (Å²) in [6.45, 7) is 0. The van der Waals surface area contributed by atoms with Crippen LogP contribution in [0.15, 0.2) is 100 Å². The quantitative estimate of drug-likeness (QED) is 0.203. The van der Waals surface area contributed by atoms with Crippen molar-refractivity contribution in [3.05, 3.63) is 109 Å². The summed E-state index contributed by atoms with van der Waals surface area (Å²) in [6, 6.07) is 22.3. The van der Waals surface area contributed by atoms with Crippen LogP contribution < -0.4 is 0 Å². The van der Waals surface area contributed by atoms with Crippen LogP contribution in [-0.2, 0) is 9.73 Å². The first-order valence-electron chi connectivity index (χ1n) is 12.9. The number of thiazole rings is 1. The zero-order valence-corrected chi connectivity index (χ0v) is 22.9. The molecule has 1 saturated carbocycles. The summed E-state index contributed by atoms with van der Waals surface area (Å²) in [4.78, 5) is 10.2. The molecule has 40 heavy (non-hydrogen) atoms. The number of aromatic nitrogens is 2. The molecule has 6 rings (SSSR count). The smallest absolute Gasteiger partial charge is 0.162 e. The average Bonchev–Trinajstić information content (AvgIpc) is 3.65. The highest BCUT2D eigenvalue weighted by molar-refractivity contribution is 7.94. The van der Waals surface area contributed by atoms with Crippen LogP contribution in [0, 0.1) is 17.5 Å². The lowest BCUT2D eigenvalue weighted by atomic mass is 10.1. The summed E-state index contributed by atoms with van der Waals surface area (Å²) in [7, 11) is -2.81. The number of halogens is 3. The maximum absolute atomic E-state index is 14.7. The van der Waals surface area contributed by atoms with Gasteiger partial charge < -0.3 is 0 Å². The van der Waals surface area contributed by atoms with Gasteiger partial charge in [-0.1, -0.05) is 49.2 Å². The lowest BCUT2D eigenvalue weighted by Crippen LogP contribution is -2.17. The second-order valence-corrected chi connectivity index (χ2v) is 13.0. The van der Waals surface area contributed by atoms with E-state index in [1.54, 1.807) is 30.5 Å². The number of pyridine rings is 1. The normalized spacial score (nSPS) is 15.2. The zero-order chi connectivity index (χ0) is 27.7. The first-order valence-corrected chi connectivity index (χ1v) is 15.3. The van der Waals surface area contributed by atoms with E-state index in [1.807, 2.05) is 30.3 Å². The number of nitrogens with zero attached hydrogens (tertiary/aromatic N) is 3. The highest BCUT2D eigenvalue weighted by Crippen LogP contribution is 2.43. The molecule has 9 heteroatoms. The summed E-state index contributed by atoms with van der Waals surface area (Å²) in [5.41, 5.74) is 1.21. The van der Waals surface area contributed by atoms with Gasteiger partial charge in [-0.15, -0.1) is 11.3 Å². The molecule has 1 aliphatic rings. The van der Waals surface area contributed by atoms with Gasteiger partial charge in [0.25, 0.3) is 0 Å². The third-order valence-corrected chi connectivity index (χ3v) is 10.9. The predicted molar refractivity (Wildman–Crippen MR) is 153 cm³/mol. The molecule has 1 aliphatic carbocycles. The molecule has 1 fully saturated rings. The van der Waals surface area contributed by atoms with Gasteiger partial charge in [0.15, 0.2) is 5.82 Å². The van der Waals surface area contributed by atoms with Crippen molar-refractivity contribution in [2.45, 2.75) is 35.8 Å². The molecule has 202 valence electrons. The fourth-order valence-corrected chi connectivity index (χ4v) is 8.72. The van der Waals surface area contributed by atoms with E-state index in [2.05, 4.69) is 9.97 Å². The van der Waals surface area contributed by atoms with Crippen molar-refractivity contribution in [3.63, 3.8) is 0 Å². The molecule has 1 unspecified atom stereocenters. The van der Waals surface area contributed by atoms with E-state index in [0.717, 1.165) is 37.0 Å². The van der Waals surface area contributed by atoms with Crippen LogP contribution in [0.2, 0.25) is 0 Å². The van der Waals surface area contributed by atoms with E-state index in [9.17, 15) is 17.4 Å². The zero-order valence-electron chi connectivity index (χ0n) is 21.3. The van der Waals surface area contributed by atoms with Gasteiger partial charge in [0.2, 0.25) is 0 Å². The SMILES string of the molecule is O=S(=Nc1cc(-c2sc(-c3c(F)cccc3F)nc2-c2cccc(F)c2)ccn1)(c1ccccc1)C1CCCC1. The third kappa shape index (κ3) is 5.07. The largest absolute Gasteiger partial charge is 0.244 e. The van der Waals surface area contributed by atoms with E-state index >= 15 is 0 Å². The molecular weight excluding hydrogens is 551 g/mol. The van der Waals surface area contributed by atoms with Crippen molar-refractivity contribution < 1.29 is 17.4 Å². The topological polar surface area (TPSA) is 55.2 Å². The van der Waals surface area contributed by atoms with Crippen LogP contribution in [0.3, 0.4) is 0 Å². The van der Waals surface area contributed by atoms with Crippen LogP contribution in [0.1, 0.15) is 25.7 Å². The molecule has 0 aliphatic heterocycles. The molecule has 0 spiro atoms. The molecule has 2 aromatic heterocycles. The van der Waals surface area contributed by atoms with Crippen LogP contribution in [-0.4, -0.2) is 19.4 Å². The van der Waals surface area contributed by atoms with Crippen molar-refractivity contribution in [1.29, 1.82) is 0 Å². The molecule has 0 bridgehead atoms. The van der Waals surface area contributed by atoms with Gasteiger partial charge in [0.1, 0.15) is 22.5 Å². The third-order valence-electron chi connectivity index (χ3n) is 6.97. The van der Waals surface area contributed by atoms with Crippen LogP contribution >= 0.6 is 11.3 Å². The van der Waals surface area contributed by atoms with Crippen molar-refractivity contribution in [2.75, 3.05) is 0 Å². The van der Waals surface area contributed by atoms with Gasteiger partial charge in [-0.3, -0.25) is 0 Å². The molecule has 1 atom stereocenters. The lowest BCUT2D eigenvalue weighted by Gasteiger charge is -2.17. The number of hydrogen-bond acceptors (Lipinski definition) is 5. The van der Waals surface area contributed by atoms with Gasteiger partial charge in [0, 0.05) is 21.9 Å². The van der Waals surface area contributed by atoms with Gasteiger partial charge in [-0.25, -0.2) is 27.3 Å². The molecule has 0 N–H and O–H groups in total. The van der Waals surface area contributed by atoms with Crippen LogP contribution in [0.4, 0.5) is 19.0 Å². The standard InChI is InChI=1S/C31H24F3N3OS2/c32-22-9-6-8-20(18-22)29-30(39-31(36-29)28-25(33)14-7-15-26(28)34)21-16-17-35-27(19-21)37-40(38,24-12-4-5-13-24)23-10-2-1-3-11-23/h1-3,6-11,14-19,24H,4-5,12-13H2. The Kier molecular flexibility index (Phi) is 7.25. The summed E-state index contributed by atoms with van der Waals surface area (Å²) in [5.74, 6) is -1.65. The van der Waals surface area contributed by atoms with Crippen molar-refractivity contribution in [2.24, 2.45) is 4.36 Å². The van der Waals surface area contributed by atoms with E-state index in [0.29, 0.717) is 26.6 Å². The summed E-state index contributed by atoms with van der Waals surface area (Å²) < 4.78 is 62.8. The minimum atomic E-state index is -2.81. The Balaban J connectivity index is 1.52. The van der Waals surface area contributed by atoms with Gasteiger partial charge in [-0.2, -0.15) is 4.36 Å². The summed E-state index contributed by atoms with van der Waals surface area (Å²) >= 11 is 1.09. The molecule has 0 amide bonds. The molecule has 3 aromatic carbocycles. The van der Waals surface area contributed by atoms with E-state index in [1.165, 1.54) is 30.3 Å². The van der Waals surface area contributed by atoms with Gasteiger partial charge in [-0.05, 0) is 66.9 Å². The number of benzene rings is 3. The molecule has 4 nitrogen and oxygen atoms in total. The highest BCUT2D eigenvalue weighted by atomic mass is 32.2. The molecule has 0 radical (unpaired) electrons. The maximum Gasteiger partial charge on any atom is 0.162 e. The Morgan fingerprint density at radius 3 is 2.27 bits per heavy atom. The van der Waals surface area contributed by atoms with E-state index in [-0.39, 0.29) is 21.6 Å². The Labute approximate surface area is 234 Å². The van der Waals surface area contributed by atoms with Crippen molar-refractivity contribution in [1.82, 2.24) is 9.97 Å². The van der Waals surface area contributed by atoms with Crippen molar-refractivity contribution >= 4 is 26.9 Å². The number of hydrogen-bond donors (Lipinski definition) is 0. The minimum absolute atomic E-state index is 0.0813. The lowest BCUT2D eigenvalue weighted by molar-refractivity contribution is 0.589. The highest BCUT2D eigenvalue weighted by Gasteiger charge is 2.29.